The first-order valence-electron chi connectivity index (χ1n) is 6.83. The van der Waals surface area contributed by atoms with Gasteiger partial charge in [0.2, 0.25) is 5.91 Å². The molecule has 4 nitrogen and oxygen atoms in total. The van der Waals surface area contributed by atoms with E-state index in [0.29, 0.717) is 13.0 Å². The topological polar surface area (TPSA) is 50.4 Å². The smallest absolute Gasteiger partial charge is 0.219 e. The maximum Gasteiger partial charge on any atom is 0.219 e. The summed E-state index contributed by atoms with van der Waals surface area (Å²) in [5.74, 6) is 0.0959. The summed E-state index contributed by atoms with van der Waals surface area (Å²) in [6, 6.07) is 8.28. The third-order valence-electron chi connectivity index (χ3n) is 2.93. The minimum absolute atomic E-state index is 0.0959. The molecule has 1 aromatic rings. The standard InChI is InChI=1S/C15H24N2O2/c1-3-19-12-14-8-5-4-7-13(14)11-17-10-6-9-15(18)16-2/h4-5,7-8,17H,3,6,9-12H2,1-2H3,(H,16,18). The molecular weight excluding hydrogens is 240 g/mol. The van der Waals surface area contributed by atoms with E-state index in [-0.39, 0.29) is 5.91 Å². The summed E-state index contributed by atoms with van der Waals surface area (Å²) in [7, 11) is 1.67. The lowest BCUT2D eigenvalue weighted by Crippen LogP contribution is -2.21. The lowest BCUT2D eigenvalue weighted by Gasteiger charge is -2.10. The molecule has 1 aromatic carbocycles. The molecule has 1 amide bonds. The molecule has 0 aliphatic rings. The van der Waals surface area contributed by atoms with E-state index in [4.69, 9.17) is 4.74 Å². The quantitative estimate of drug-likeness (QED) is 0.669. The first kappa shape index (κ1) is 15.7. The molecule has 0 atom stereocenters. The molecule has 0 saturated carbocycles. The van der Waals surface area contributed by atoms with Crippen LogP contribution in [0.25, 0.3) is 0 Å². The number of hydrogen-bond donors (Lipinski definition) is 2. The molecule has 0 spiro atoms. The molecule has 4 heteroatoms. The monoisotopic (exact) mass is 264 g/mol. The Morgan fingerprint density at radius 1 is 1.26 bits per heavy atom. The van der Waals surface area contributed by atoms with Crippen LogP contribution in [0.15, 0.2) is 24.3 Å². The SMILES string of the molecule is CCOCc1ccccc1CNCCCC(=O)NC. The van der Waals surface area contributed by atoms with Gasteiger partial charge in [-0.1, -0.05) is 24.3 Å². The molecule has 0 aliphatic carbocycles. The van der Waals surface area contributed by atoms with Crippen LogP contribution in [0.4, 0.5) is 0 Å². The van der Waals surface area contributed by atoms with Gasteiger partial charge in [0, 0.05) is 26.6 Å². The van der Waals surface area contributed by atoms with Crippen molar-refractivity contribution in [2.24, 2.45) is 0 Å². The number of carbonyl (C=O) groups excluding carboxylic acids is 1. The largest absolute Gasteiger partial charge is 0.377 e. The van der Waals surface area contributed by atoms with Crippen LogP contribution < -0.4 is 10.6 Å². The van der Waals surface area contributed by atoms with Gasteiger partial charge in [-0.25, -0.2) is 0 Å². The first-order chi connectivity index (χ1) is 9.27. The fraction of sp³-hybridized carbons (Fsp3) is 0.533. The molecular formula is C15H24N2O2. The van der Waals surface area contributed by atoms with Gasteiger partial charge < -0.3 is 15.4 Å². The minimum atomic E-state index is 0.0959. The first-order valence-corrected chi connectivity index (χ1v) is 6.83. The number of hydrogen-bond acceptors (Lipinski definition) is 3. The van der Waals surface area contributed by atoms with Gasteiger partial charge in [0.25, 0.3) is 0 Å². The fourth-order valence-corrected chi connectivity index (χ4v) is 1.80. The summed E-state index contributed by atoms with van der Waals surface area (Å²) in [4.78, 5) is 11.1. The van der Waals surface area contributed by atoms with Gasteiger partial charge in [0.05, 0.1) is 6.61 Å². The maximum atomic E-state index is 11.1. The van der Waals surface area contributed by atoms with E-state index in [0.717, 1.165) is 26.1 Å². The Kier molecular flexibility index (Phi) is 7.86. The second-order valence-corrected chi connectivity index (χ2v) is 4.36. The van der Waals surface area contributed by atoms with Crippen LogP contribution >= 0.6 is 0 Å². The van der Waals surface area contributed by atoms with E-state index in [1.165, 1.54) is 11.1 Å². The van der Waals surface area contributed by atoms with Crippen LogP contribution in [-0.2, 0) is 22.7 Å². The molecule has 1 rings (SSSR count). The molecule has 0 heterocycles. The van der Waals surface area contributed by atoms with Crippen LogP contribution in [0.5, 0.6) is 0 Å². The van der Waals surface area contributed by atoms with Crippen molar-refractivity contribution in [1.82, 2.24) is 10.6 Å². The van der Waals surface area contributed by atoms with Crippen molar-refractivity contribution in [3.05, 3.63) is 35.4 Å². The van der Waals surface area contributed by atoms with Crippen molar-refractivity contribution in [3.63, 3.8) is 0 Å². The van der Waals surface area contributed by atoms with Gasteiger partial charge in [0.1, 0.15) is 0 Å². The highest BCUT2D eigenvalue weighted by molar-refractivity contribution is 5.75. The van der Waals surface area contributed by atoms with Crippen molar-refractivity contribution in [2.75, 3.05) is 20.2 Å². The number of benzene rings is 1. The van der Waals surface area contributed by atoms with Crippen LogP contribution in [0.3, 0.4) is 0 Å². The Balaban J connectivity index is 2.30. The Hall–Kier alpha value is -1.39. The highest BCUT2D eigenvalue weighted by Crippen LogP contribution is 2.09. The third kappa shape index (κ3) is 6.36. The zero-order valence-electron chi connectivity index (χ0n) is 11.9. The van der Waals surface area contributed by atoms with E-state index in [1.54, 1.807) is 7.05 Å². The highest BCUT2D eigenvalue weighted by atomic mass is 16.5. The normalized spacial score (nSPS) is 10.4. The molecule has 106 valence electrons. The summed E-state index contributed by atoms with van der Waals surface area (Å²) in [6.45, 7) is 5.05. The van der Waals surface area contributed by atoms with Crippen LogP contribution in [-0.4, -0.2) is 26.1 Å². The Morgan fingerprint density at radius 3 is 2.68 bits per heavy atom. The summed E-state index contributed by atoms with van der Waals surface area (Å²) < 4.78 is 5.45. The van der Waals surface area contributed by atoms with Crippen LogP contribution in [0.1, 0.15) is 30.9 Å². The lowest BCUT2D eigenvalue weighted by atomic mass is 10.1. The summed E-state index contributed by atoms with van der Waals surface area (Å²) in [5.41, 5.74) is 2.49. The minimum Gasteiger partial charge on any atom is -0.377 e. The Morgan fingerprint density at radius 2 is 2.00 bits per heavy atom. The van der Waals surface area contributed by atoms with Gasteiger partial charge in [-0.3, -0.25) is 4.79 Å². The summed E-state index contributed by atoms with van der Waals surface area (Å²) >= 11 is 0. The van der Waals surface area contributed by atoms with Gasteiger partial charge >= 0.3 is 0 Å². The van der Waals surface area contributed by atoms with Crippen molar-refractivity contribution < 1.29 is 9.53 Å². The number of ether oxygens (including phenoxy) is 1. The Labute approximate surface area is 115 Å². The molecule has 0 bridgehead atoms. The second-order valence-electron chi connectivity index (χ2n) is 4.36. The lowest BCUT2D eigenvalue weighted by molar-refractivity contribution is -0.120. The average Bonchev–Trinajstić information content (AvgIpc) is 2.45. The van der Waals surface area contributed by atoms with E-state index in [1.807, 2.05) is 19.1 Å². The maximum absolute atomic E-state index is 11.1. The average molecular weight is 264 g/mol. The third-order valence-corrected chi connectivity index (χ3v) is 2.93. The predicted octanol–water partition coefficient (Wildman–Crippen LogP) is 1.84. The molecule has 0 radical (unpaired) electrons. The van der Waals surface area contributed by atoms with Crippen molar-refractivity contribution in [3.8, 4) is 0 Å². The number of carbonyl (C=O) groups is 1. The highest BCUT2D eigenvalue weighted by Gasteiger charge is 2.02. The zero-order valence-corrected chi connectivity index (χ0v) is 11.9. The van der Waals surface area contributed by atoms with E-state index < -0.39 is 0 Å². The summed E-state index contributed by atoms with van der Waals surface area (Å²) in [6.07, 6.45) is 1.43. The van der Waals surface area contributed by atoms with Gasteiger partial charge in [-0.2, -0.15) is 0 Å². The number of nitrogens with one attached hydrogen (secondary N) is 2. The van der Waals surface area contributed by atoms with Crippen LogP contribution in [0, 0.1) is 0 Å². The van der Waals surface area contributed by atoms with E-state index in [9.17, 15) is 4.79 Å². The van der Waals surface area contributed by atoms with Crippen molar-refractivity contribution >= 4 is 5.91 Å². The van der Waals surface area contributed by atoms with Crippen molar-refractivity contribution in [1.29, 1.82) is 0 Å². The summed E-state index contributed by atoms with van der Waals surface area (Å²) in [5, 5.41) is 5.99. The van der Waals surface area contributed by atoms with Crippen molar-refractivity contribution in [2.45, 2.75) is 32.9 Å². The fourth-order valence-electron chi connectivity index (χ4n) is 1.80. The molecule has 0 unspecified atom stereocenters. The molecule has 0 saturated heterocycles. The Bertz CT molecular complexity index is 380. The molecule has 0 aliphatic heterocycles. The van der Waals surface area contributed by atoms with E-state index in [2.05, 4.69) is 22.8 Å². The van der Waals surface area contributed by atoms with E-state index >= 15 is 0 Å². The number of rotatable bonds is 9. The van der Waals surface area contributed by atoms with Gasteiger partial charge in [0.15, 0.2) is 0 Å². The molecule has 19 heavy (non-hydrogen) atoms. The van der Waals surface area contributed by atoms with Gasteiger partial charge in [-0.05, 0) is 31.0 Å². The molecule has 0 aromatic heterocycles. The van der Waals surface area contributed by atoms with Gasteiger partial charge in [-0.15, -0.1) is 0 Å². The van der Waals surface area contributed by atoms with Crippen LogP contribution in [0.2, 0.25) is 0 Å². The molecule has 0 fully saturated rings. The predicted molar refractivity (Wildman–Crippen MR) is 76.8 cm³/mol. The number of amides is 1. The zero-order chi connectivity index (χ0) is 13.9. The second kappa shape index (κ2) is 9.53. The molecule has 2 N–H and O–H groups in total.